The van der Waals surface area contributed by atoms with Crippen LogP contribution in [0, 0.1) is 0 Å². The number of methoxy groups -OCH3 is 1. The second-order valence-electron chi connectivity index (χ2n) is 17.2. The molecule has 0 bridgehead atoms. The number of carbonyl (C=O) groups excluding carboxylic acids is 6. The monoisotopic (exact) mass is 885 g/mol. The Balaban J connectivity index is 0.782. The number of carbonyl (C=O) groups is 6. The number of hydrogen-bond acceptors (Lipinski definition) is 13. The molecule has 18 nitrogen and oxygen atoms in total. The fourth-order valence-corrected chi connectivity index (χ4v) is 9.01. The number of halogens is 2. The first-order valence-corrected chi connectivity index (χ1v) is 21.7. The van der Waals surface area contributed by atoms with E-state index in [9.17, 15) is 37.5 Å². The number of imide groups is 1. The van der Waals surface area contributed by atoms with Gasteiger partial charge in [0.1, 0.15) is 17.5 Å². The lowest BCUT2D eigenvalue weighted by Crippen LogP contribution is -2.52. The third-order valence-electron chi connectivity index (χ3n) is 12.8. The number of anilines is 5. The van der Waals surface area contributed by atoms with Crippen molar-refractivity contribution in [3.8, 4) is 5.75 Å². The fourth-order valence-electron chi connectivity index (χ4n) is 9.01. The van der Waals surface area contributed by atoms with E-state index >= 15 is 0 Å². The van der Waals surface area contributed by atoms with Crippen molar-refractivity contribution >= 4 is 64.3 Å². The standard InChI is InChI=1S/C44H53F2N11O7/c1-26(2)57-25-44(45,46)42(63)52(3)34-23-47-43(51-38(34)57)49-32-8-5-27(22-35(32)64-4)39(60)48-29-11-15-55(16-12-29)37(59)13-14-53-17-19-54(20-18-53)30-6-7-31-28(21-30)24-56(41(31)62)33-9-10-36(58)50-40(33)61/h5-8,21-23,26,29,33H,9-20,24-25H2,1-4H3,(H,48,60)(H,47,49,51)(H,50,58,61). The molecule has 3 aromatic rings. The van der Waals surface area contributed by atoms with Crippen molar-refractivity contribution in [2.75, 3.05) is 86.5 Å². The molecule has 6 amide bonds. The highest BCUT2D eigenvalue weighted by Gasteiger charge is 2.48. The number of piperidine rings is 2. The summed E-state index contributed by atoms with van der Waals surface area (Å²) >= 11 is 0. The smallest absolute Gasteiger partial charge is 0.342 e. The first-order valence-electron chi connectivity index (χ1n) is 21.7. The Morgan fingerprint density at radius 1 is 0.984 bits per heavy atom. The van der Waals surface area contributed by atoms with Crippen LogP contribution in [-0.2, 0) is 25.7 Å². The number of benzene rings is 2. The van der Waals surface area contributed by atoms with Crippen molar-refractivity contribution in [1.29, 1.82) is 0 Å². The van der Waals surface area contributed by atoms with Crippen molar-refractivity contribution in [3.05, 3.63) is 59.3 Å². The van der Waals surface area contributed by atoms with E-state index in [-0.39, 0.29) is 53.5 Å². The van der Waals surface area contributed by atoms with E-state index in [1.807, 2.05) is 23.1 Å². The molecule has 3 fully saturated rings. The highest BCUT2D eigenvalue weighted by Crippen LogP contribution is 2.38. The molecule has 3 saturated heterocycles. The maximum Gasteiger partial charge on any atom is 0.342 e. The molecule has 2 aromatic carbocycles. The van der Waals surface area contributed by atoms with Crippen LogP contribution in [0.15, 0.2) is 42.6 Å². The van der Waals surface area contributed by atoms with Crippen LogP contribution in [0.3, 0.4) is 0 Å². The number of nitrogens with zero attached hydrogens (tertiary/aromatic N) is 8. The van der Waals surface area contributed by atoms with Gasteiger partial charge in [-0.25, -0.2) is 4.98 Å². The number of likely N-dealkylation sites (tertiary alicyclic amines) is 1. The van der Waals surface area contributed by atoms with Crippen molar-refractivity contribution < 1.29 is 42.3 Å². The molecule has 0 saturated carbocycles. The van der Waals surface area contributed by atoms with Crippen LogP contribution in [0.4, 0.5) is 37.6 Å². The van der Waals surface area contributed by atoms with E-state index in [1.165, 1.54) is 25.3 Å². The third-order valence-corrected chi connectivity index (χ3v) is 12.8. The van der Waals surface area contributed by atoms with Gasteiger partial charge in [0.15, 0.2) is 5.82 Å². The number of nitrogens with one attached hydrogen (secondary N) is 3. The summed E-state index contributed by atoms with van der Waals surface area (Å²) in [5, 5.41) is 8.49. The van der Waals surface area contributed by atoms with Gasteiger partial charge in [-0.15, -0.1) is 0 Å². The van der Waals surface area contributed by atoms with Crippen molar-refractivity contribution in [2.24, 2.45) is 0 Å². The molecule has 64 heavy (non-hydrogen) atoms. The maximum absolute atomic E-state index is 14.8. The summed E-state index contributed by atoms with van der Waals surface area (Å²) in [5.74, 6) is -5.50. The molecule has 20 heteroatoms. The Kier molecular flexibility index (Phi) is 12.4. The summed E-state index contributed by atoms with van der Waals surface area (Å²) in [5.41, 5.74) is 3.42. The zero-order chi connectivity index (χ0) is 45.4. The lowest BCUT2D eigenvalue weighted by molar-refractivity contribution is -0.140. The van der Waals surface area contributed by atoms with Crippen LogP contribution >= 0.6 is 0 Å². The Labute approximate surface area is 369 Å². The molecule has 6 heterocycles. The molecule has 0 spiro atoms. The lowest BCUT2D eigenvalue weighted by atomic mass is 10.0. The molecular weight excluding hydrogens is 833 g/mol. The van der Waals surface area contributed by atoms with Gasteiger partial charge in [-0.2, -0.15) is 13.8 Å². The molecule has 0 aliphatic carbocycles. The van der Waals surface area contributed by atoms with Gasteiger partial charge < -0.3 is 39.9 Å². The lowest BCUT2D eigenvalue weighted by Gasteiger charge is -2.37. The number of hydrogen-bond donors (Lipinski definition) is 3. The average molecular weight is 886 g/mol. The summed E-state index contributed by atoms with van der Waals surface area (Å²) < 4.78 is 35.1. The van der Waals surface area contributed by atoms with Gasteiger partial charge in [0.25, 0.3) is 17.7 Å². The molecule has 1 aromatic heterocycles. The summed E-state index contributed by atoms with van der Waals surface area (Å²) in [7, 11) is 2.73. The van der Waals surface area contributed by atoms with Gasteiger partial charge in [0.05, 0.1) is 25.5 Å². The summed E-state index contributed by atoms with van der Waals surface area (Å²) in [6, 6.07) is 9.47. The molecule has 8 rings (SSSR count). The van der Waals surface area contributed by atoms with Gasteiger partial charge in [0.2, 0.25) is 23.7 Å². The molecule has 1 atom stereocenters. The Bertz CT molecular complexity index is 2350. The Morgan fingerprint density at radius 3 is 2.44 bits per heavy atom. The average Bonchev–Trinajstić information content (AvgIpc) is 3.58. The van der Waals surface area contributed by atoms with Crippen LogP contribution < -0.4 is 35.4 Å². The first kappa shape index (κ1) is 44.2. The third kappa shape index (κ3) is 9.00. The summed E-state index contributed by atoms with van der Waals surface area (Å²) in [4.78, 5) is 95.3. The summed E-state index contributed by atoms with van der Waals surface area (Å²) in [6.45, 7) is 7.77. The zero-order valence-corrected chi connectivity index (χ0v) is 36.4. The first-order chi connectivity index (χ1) is 30.6. The van der Waals surface area contributed by atoms with E-state index in [2.05, 4.69) is 35.7 Å². The molecule has 0 radical (unpaired) electrons. The highest BCUT2D eigenvalue weighted by atomic mass is 19.3. The van der Waals surface area contributed by atoms with Crippen molar-refractivity contribution in [3.63, 3.8) is 0 Å². The van der Waals surface area contributed by atoms with Gasteiger partial charge in [-0.05, 0) is 75.1 Å². The quantitative estimate of drug-likeness (QED) is 0.239. The number of rotatable bonds is 11. The normalized spacial score (nSPS) is 20.5. The van der Waals surface area contributed by atoms with E-state index < -0.39 is 36.4 Å². The number of amides is 6. The molecule has 340 valence electrons. The number of fused-ring (bicyclic) bond motifs is 2. The molecule has 1 unspecified atom stereocenters. The van der Waals surface area contributed by atoms with Gasteiger partial charge >= 0.3 is 5.92 Å². The second kappa shape index (κ2) is 18.0. The van der Waals surface area contributed by atoms with Crippen molar-refractivity contribution in [1.82, 2.24) is 35.3 Å². The van der Waals surface area contributed by atoms with E-state index in [0.717, 1.165) is 42.3 Å². The van der Waals surface area contributed by atoms with Gasteiger partial charge in [-0.1, -0.05) is 0 Å². The topological polar surface area (TPSA) is 193 Å². The fraction of sp³-hybridized carbons (Fsp3) is 0.500. The number of alkyl halides is 2. The maximum atomic E-state index is 14.8. The Hall–Kier alpha value is -6.44. The highest BCUT2D eigenvalue weighted by molar-refractivity contribution is 6.06. The van der Waals surface area contributed by atoms with Gasteiger partial charge in [-0.3, -0.25) is 39.0 Å². The number of ether oxygens (including phenoxy) is 1. The van der Waals surface area contributed by atoms with Crippen LogP contribution in [0.1, 0.15) is 72.2 Å². The minimum Gasteiger partial charge on any atom is -0.495 e. The summed E-state index contributed by atoms with van der Waals surface area (Å²) in [6.07, 6.45) is 3.48. The van der Waals surface area contributed by atoms with Crippen LogP contribution in [-0.4, -0.2) is 151 Å². The number of aromatic nitrogens is 2. The molecular formula is C44H53F2N11O7. The van der Waals surface area contributed by atoms with E-state index in [0.29, 0.717) is 74.4 Å². The molecule has 5 aliphatic rings. The Morgan fingerprint density at radius 2 is 1.73 bits per heavy atom. The predicted octanol–water partition coefficient (Wildman–Crippen LogP) is 2.75. The predicted molar refractivity (Wildman–Crippen MR) is 232 cm³/mol. The SMILES string of the molecule is COc1cc(C(=O)NC2CCN(C(=O)CCN3CCN(c4ccc5c(c4)CN(C4CCC(=O)NC4=O)C5=O)CC3)CC2)ccc1Nc1ncc2c(n1)N(C(C)C)CC(F)(F)C(=O)N2C. The van der Waals surface area contributed by atoms with Crippen LogP contribution in [0.25, 0.3) is 0 Å². The van der Waals surface area contributed by atoms with Crippen LogP contribution in [0.2, 0.25) is 0 Å². The van der Waals surface area contributed by atoms with Crippen LogP contribution in [0.5, 0.6) is 5.75 Å². The minimum absolute atomic E-state index is 0.0812. The number of piperazine rings is 1. The van der Waals surface area contributed by atoms with Crippen molar-refractivity contribution in [2.45, 2.75) is 76.5 Å². The van der Waals surface area contributed by atoms with Gasteiger partial charge in [0, 0.05) is 101 Å². The minimum atomic E-state index is -3.62. The largest absolute Gasteiger partial charge is 0.495 e. The zero-order valence-electron chi connectivity index (χ0n) is 36.4. The molecule has 3 N–H and O–H groups in total. The molecule has 5 aliphatic heterocycles. The second-order valence-corrected chi connectivity index (χ2v) is 17.2. The van der Waals surface area contributed by atoms with E-state index in [4.69, 9.17) is 4.74 Å². The van der Waals surface area contributed by atoms with E-state index in [1.54, 1.807) is 36.9 Å².